The van der Waals surface area contributed by atoms with Crippen LogP contribution in [-0.4, -0.2) is 25.7 Å². The number of hydrogen-bond donors (Lipinski definition) is 1. The van der Waals surface area contributed by atoms with E-state index in [0.717, 1.165) is 19.9 Å². The summed E-state index contributed by atoms with van der Waals surface area (Å²) in [5.74, 6) is 0.629. The highest BCUT2D eigenvalue weighted by Gasteiger charge is 2.10. The van der Waals surface area contributed by atoms with Crippen molar-refractivity contribution in [2.24, 2.45) is 5.10 Å². The molecule has 22 heavy (non-hydrogen) atoms. The Morgan fingerprint density at radius 2 is 2.36 bits per heavy atom. The molecule has 0 saturated carbocycles. The number of hydrazone groups is 1. The van der Waals surface area contributed by atoms with Crippen molar-refractivity contribution in [2.45, 2.75) is 6.54 Å². The third-order valence-corrected chi connectivity index (χ3v) is 4.28. The van der Waals surface area contributed by atoms with Gasteiger partial charge in [0.05, 0.1) is 6.21 Å². The molecule has 6 nitrogen and oxygen atoms in total. The minimum atomic E-state index is 0.619. The van der Waals surface area contributed by atoms with Crippen molar-refractivity contribution in [1.29, 1.82) is 0 Å². The Balaban J connectivity index is 1.91. The average Bonchev–Trinajstić information content (AvgIpc) is 2.86. The van der Waals surface area contributed by atoms with E-state index in [9.17, 15) is 0 Å². The molecular formula is C14H12N6S2. The molecule has 3 aromatic rings. The highest BCUT2D eigenvalue weighted by molar-refractivity contribution is 7.73. The van der Waals surface area contributed by atoms with Crippen LogP contribution in [0.4, 0.5) is 5.82 Å². The molecule has 0 fully saturated rings. The number of nitrogens with zero attached hydrogens (tertiary/aromatic N) is 5. The van der Waals surface area contributed by atoms with Gasteiger partial charge in [-0.2, -0.15) is 5.10 Å². The van der Waals surface area contributed by atoms with Crippen molar-refractivity contribution in [3.8, 4) is 0 Å². The Hall–Kier alpha value is -2.45. The molecule has 0 aliphatic heterocycles. The number of allylic oxidation sites excluding steroid dienone is 1. The first-order valence-electron chi connectivity index (χ1n) is 6.44. The van der Waals surface area contributed by atoms with Gasteiger partial charge in [-0.3, -0.25) is 10.4 Å². The minimum absolute atomic E-state index is 0.619. The SMILES string of the molecule is C=CCn1c(=S)sc2c(N/N=C\c3cccnc3)ncnc21. The molecule has 0 amide bonds. The average molecular weight is 328 g/mol. The molecule has 8 heteroatoms. The molecule has 0 aliphatic carbocycles. The van der Waals surface area contributed by atoms with E-state index in [1.807, 2.05) is 16.7 Å². The van der Waals surface area contributed by atoms with Gasteiger partial charge >= 0.3 is 0 Å². The Kier molecular flexibility index (Phi) is 4.31. The first-order valence-corrected chi connectivity index (χ1v) is 7.66. The second-order valence-electron chi connectivity index (χ2n) is 4.30. The molecule has 0 saturated heterocycles. The Morgan fingerprint density at radius 1 is 1.45 bits per heavy atom. The van der Waals surface area contributed by atoms with Crippen LogP contribution in [-0.2, 0) is 6.54 Å². The van der Waals surface area contributed by atoms with E-state index in [-0.39, 0.29) is 0 Å². The van der Waals surface area contributed by atoms with Crippen LogP contribution in [0, 0.1) is 3.95 Å². The largest absolute Gasteiger partial charge is 0.304 e. The summed E-state index contributed by atoms with van der Waals surface area (Å²) in [5.41, 5.74) is 4.62. The van der Waals surface area contributed by atoms with Crippen LogP contribution in [0.3, 0.4) is 0 Å². The lowest BCUT2D eigenvalue weighted by Crippen LogP contribution is -1.99. The monoisotopic (exact) mass is 328 g/mol. The summed E-state index contributed by atoms with van der Waals surface area (Å²) in [5, 5.41) is 4.18. The summed E-state index contributed by atoms with van der Waals surface area (Å²) in [6, 6.07) is 3.77. The molecule has 1 N–H and O–H groups in total. The van der Waals surface area contributed by atoms with E-state index >= 15 is 0 Å². The van der Waals surface area contributed by atoms with Crippen LogP contribution < -0.4 is 5.43 Å². The molecular weight excluding hydrogens is 316 g/mol. The molecule has 0 spiro atoms. The fraction of sp³-hybridized carbons (Fsp3) is 0.0714. The van der Waals surface area contributed by atoms with Crippen molar-refractivity contribution in [3.05, 3.63) is 53.0 Å². The number of nitrogens with one attached hydrogen (secondary N) is 1. The van der Waals surface area contributed by atoms with E-state index in [1.54, 1.807) is 24.7 Å². The fourth-order valence-electron chi connectivity index (χ4n) is 1.87. The van der Waals surface area contributed by atoms with Gasteiger partial charge < -0.3 is 4.57 Å². The Bertz CT molecular complexity index is 881. The molecule has 0 unspecified atom stereocenters. The van der Waals surface area contributed by atoms with Crippen LogP contribution in [0.25, 0.3) is 10.3 Å². The molecule has 3 rings (SSSR count). The first kappa shape index (κ1) is 14.5. The highest BCUT2D eigenvalue weighted by atomic mass is 32.1. The summed E-state index contributed by atoms with van der Waals surface area (Å²) in [4.78, 5) is 12.5. The van der Waals surface area contributed by atoms with Crippen molar-refractivity contribution < 1.29 is 0 Å². The number of rotatable bonds is 5. The predicted octanol–water partition coefficient (Wildman–Crippen LogP) is 3.25. The van der Waals surface area contributed by atoms with Gasteiger partial charge in [0.2, 0.25) is 0 Å². The molecule has 3 heterocycles. The topological polar surface area (TPSA) is 68.0 Å². The summed E-state index contributed by atoms with van der Waals surface area (Å²) in [7, 11) is 0. The second kappa shape index (κ2) is 6.54. The van der Waals surface area contributed by atoms with Crippen LogP contribution in [0.1, 0.15) is 5.56 Å². The Morgan fingerprint density at radius 3 is 3.14 bits per heavy atom. The summed E-state index contributed by atoms with van der Waals surface area (Å²) < 4.78 is 3.52. The van der Waals surface area contributed by atoms with Crippen molar-refractivity contribution in [1.82, 2.24) is 19.5 Å². The number of thiazole rings is 1. The summed E-state index contributed by atoms with van der Waals surface area (Å²) in [6.45, 7) is 4.36. The molecule has 0 bridgehead atoms. The van der Waals surface area contributed by atoms with Gasteiger partial charge in [-0.1, -0.05) is 23.5 Å². The van der Waals surface area contributed by atoms with Gasteiger partial charge in [-0.15, -0.1) is 6.58 Å². The van der Waals surface area contributed by atoms with E-state index in [0.29, 0.717) is 12.4 Å². The van der Waals surface area contributed by atoms with Gasteiger partial charge in [0.25, 0.3) is 0 Å². The van der Waals surface area contributed by atoms with Crippen molar-refractivity contribution in [2.75, 3.05) is 5.43 Å². The van der Waals surface area contributed by atoms with Gasteiger partial charge in [0, 0.05) is 24.5 Å². The normalized spacial score (nSPS) is 11.1. The predicted molar refractivity (Wildman–Crippen MR) is 91.9 cm³/mol. The summed E-state index contributed by atoms with van der Waals surface area (Å²) >= 11 is 6.81. The second-order valence-corrected chi connectivity index (χ2v) is 5.94. The third kappa shape index (κ3) is 2.92. The molecule has 0 radical (unpaired) electrons. The zero-order valence-corrected chi connectivity index (χ0v) is 13.1. The van der Waals surface area contributed by atoms with Gasteiger partial charge in [0.1, 0.15) is 11.0 Å². The van der Waals surface area contributed by atoms with E-state index < -0.39 is 0 Å². The van der Waals surface area contributed by atoms with Crippen LogP contribution in [0.15, 0.2) is 48.6 Å². The molecule has 0 aromatic carbocycles. The maximum absolute atomic E-state index is 5.36. The minimum Gasteiger partial charge on any atom is -0.304 e. The maximum atomic E-state index is 5.36. The lowest BCUT2D eigenvalue weighted by atomic mass is 10.3. The van der Waals surface area contributed by atoms with Gasteiger partial charge in [0.15, 0.2) is 15.4 Å². The van der Waals surface area contributed by atoms with Crippen LogP contribution in [0.5, 0.6) is 0 Å². The molecule has 0 atom stereocenters. The number of aromatic nitrogens is 4. The maximum Gasteiger partial charge on any atom is 0.169 e. The zero-order valence-electron chi connectivity index (χ0n) is 11.5. The van der Waals surface area contributed by atoms with E-state index in [2.05, 4.69) is 32.1 Å². The molecule has 3 aromatic heterocycles. The van der Waals surface area contributed by atoms with Crippen LogP contribution >= 0.6 is 23.6 Å². The van der Waals surface area contributed by atoms with E-state index in [4.69, 9.17) is 12.2 Å². The lowest BCUT2D eigenvalue weighted by molar-refractivity contribution is 0.845. The quantitative estimate of drug-likeness (QED) is 0.337. The lowest BCUT2D eigenvalue weighted by Gasteiger charge is -2.01. The standard InChI is InChI=1S/C14H12N6S2/c1-2-6-20-13-11(22-14(20)21)12(16-9-17-13)19-18-8-10-4-3-5-15-7-10/h2-5,7-9H,1,6H2,(H,16,17,19)/b18-8-. The number of hydrogen-bond acceptors (Lipinski definition) is 7. The number of fused-ring (bicyclic) bond motifs is 1. The van der Waals surface area contributed by atoms with Crippen molar-refractivity contribution in [3.63, 3.8) is 0 Å². The van der Waals surface area contributed by atoms with Crippen molar-refractivity contribution >= 4 is 45.9 Å². The van der Waals surface area contributed by atoms with Crippen LogP contribution in [0.2, 0.25) is 0 Å². The number of pyridine rings is 1. The first-order chi connectivity index (χ1) is 10.8. The highest BCUT2D eigenvalue weighted by Crippen LogP contribution is 2.26. The number of anilines is 1. The summed E-state index contributed by atoms with van der Waals surface area (Å²) in [6.07, 6.45) is 8.41. The molecule has 110 valence electrons. The zero-order chi connectivity index (χ0) is 15.4. The molecule has 0 aliphatic rings. The van der Waals surface area contributed by atoms with E-state index in [1.165, 1.54) is 17.7 Å². The smallest absolute Gasteiger partial charge is 0.169 e. The van der Waals surface area contributed by atoms with Gasteiger partial charge in [-0.25, -0.2) is 9.97 Å². The van der Waals surface area contributed by atoms with Gasteiger partial charge in [-0.05, 0) is 18.3 Å². The Labute approximate surface area is 135 Å². The fourth-order valence-corrected chi connectivity index (χ4v) is 3.18. The third-order valence-electron chi connectivity index (χ3n) is 2.83.